The molecule has 112 valence electrons. The van der Waals surface area contributed by atoms with Gasteiger partial charge in [0.15, 0.2) is 5.76 Å². The van der Waals surface area contributed by atoms with Crippen LogP contribution in [0.3, 0.4) is 0 Å². The number of thiophene rings is 1. The zero-order valence-corrected chi connectivity index (χ0v) is 12.6. The number of nitrogens with one attached hydrogen (secondary N) is 1. The molecule has 3 aromatic rings. The third-order valence-electron chi connectivity index (χ3n) is 3.95. The summed E-state index contributed by atoms with van der Waals surface area (Å²) in [6.07, 6.45) is 3.19. The molecule has 6 heteroatoms. The number of furan rings is 1. The lowest BCUT2D eigenvalue weighted by Crippen LogP contribution is -2.34. The van der Waals surface area contributed by atoms with Crippen molar-refractivity contribution < 1.29 is 13.7 Å². The van der Waals surface area contributed by atoms with Gasteiger partial charge in [0.2, 0.25) is 5.91 Å². The standard InChI is InChI=1S/C16H14N2O3S/c19-15(17-10-11-3-1-7-20-11)16(5-6-16)14-9-12(21-18-14)13-4-2-8-22-13/h1-4,7-9H,5-6,10H2,(H,17,19). The monoisotopic (exact) mass is 314 g/mol. The van der Waals surface area contributed by atoms with Gasteiger partial charge in [0.1, 0.15) is 5.76 Å². The first-order chi connectivity index (χ1) is 10.8. The van der Waals surface area contributed by atoms with Gasteiger partial charge in [0, 0.05) is 6.07 Å². The fourth-order valence-electron chi connectivity index (χ4n) is 2.51. The van der Waals surface area contributed by atoms with Crippen molar-refractivity contribution in [2.75, 3.05) is 0 Å². The highest BCUT2D eigenvalue weighted by molar-refractivity contribution is 7.13. The zero-order valence-electron chi connectivity index (χ0n) is 11.7. The molecular weight excluding hydrogens is 300 g/mol. The van der Waals surface area contributed by atoms with E-state index in [9.17, 15) is 4.79 Å². The molecule has 1 N–H and O–H groups in total. The van der Waals surface area contributed by atoms with E-state index < -0.39 is 5.41 Å². The first kappa shape index (κ1) is 13.3. The number of carbonyl (C=O) groups is 1. The molecular formula is C16H14N2O3S. The average molecular weight is 314 g/mol. The van der Waals surface area contributed by atoms with Crippen LogP contribution in [0.4, 0.5) is 0 Å². The summed E-state index contributed by atoms with van der Waals surface area (Å²) in [6, 6.07) is 9.46. The van der Waals surface area contributed by atoms with Crippen LogP contribution in [0.25, 0.3) is 10.6 Å². The molecule has 0 radical (unpaired) electrons. The Morgan fingerprint density at radius 3 is 2.95 bits per heavy atom. The lowest BCUT2D eigenvalue weighted by Gasteiger charge is -2.11. The Morgan fingerprint density at radius 1 is 1.36 bits per heavy atom. The first-order valence-corrected chi connectivity index (χ1v) is 7.98. The Hall–Kier alpha value is -2.34. The van der Waals surface area contributed by atoms with E-state index in [2.05, 4.69) is 10.5 Å². The summed E-state index contributed by atoms with van der Waals surface area (Å²) in [5, 5.41) is 9.03. The summed E-state index contributed by atoms with van der Waals surface area (Å²) in [5.74, 6) is 1.44. The Morgan fingerprint density at radius 2 is 2.27 bits per heavy atom. The number of hydrogen-bond donors (Lipinski definition) is 1. The van der Waals surface area contributed by atoms with Gasteiger partial charge in [-0.2, -0.15) is 0 Å². The smallest absolute Gasteiger partial charge is 0.232 e. The minimum absolute atomic E-state index is 0.0186. The Bertz CT molecular complexity index is 770. The summed E-state index contributed by atoms with van der Waals surface area (Å²) in [5.41, 5.74) is 0.179. The molecule has 0 spiro atoms. The minimum atomic E-state index is -0.536. The summed E-state index contributed by atoms with van der Waals surface area (Å²) in [4.78, 5) is 13.5. The number of carbonyl (C=O) groups excluding carboxylic acids is 1. The van der Waals surface area contributed by atoms with Crippen molar-refractivity contribution in [3.63, 3.8) is 0 Å². The number of amides is 1. The largest absolute Gasteiger partial charge is 0.467 e. The average Bonchev–Trinajstić information content (AvgIpc) is 3.04. The maximum atomic E-state index is 12.5. The predicted octanol–water partition coefficient (Wildman–Crippen LogP) is 3.34. The number of aromatic nitrogens is 1. The second-order valence-corrected chi connectivity index (χ2v) is 6.35. The molecule has 5 nitrogen and oxygen atoms in total. The van der Waals surface area contributed by atoms with Crippen LogP contribution in [0.5, 0.6) is 0 Å². The molecule has 1 amide bonds. The molecule has 4 rings (SSSR count). The molecule has 1 aliphatic rings. The third-order valence-corrected chi connectivity index (χ3v) is 4.84. The van der Waals surface area contributed by atoms with Crippen molar-refractivity contribution in [3.8, 4) is 10.6 Å². The highest BCUT2D eigenvalue weighted by atomic mass is 32.1. The maximum Gasteiger partial charge on any atom is 0.232 e. The number of hydrogen-bond acceptors (Lipinski definition) is 5. The minimum Gasteiger partial charge on any atom is -0.467 e. The molecule has 0 aliphatic heterocycles. The van der Waals surface area contributed by atoms with E-state index in [1.807, 2.05) is 29.6 Å². The van der Waals surface area contributed by atoms with E-state index in [1.54, 1.807) is 23.7 Å². The van der Waals surface area contributed by atoms with Crippen LogP contribution in [-0.2, 0) is 16.8 Å². The summed E-state index contributed by atoms with van der Waals surface area (Å²) in [6.45, 7) is 0.392. The molecule has 22 heavy (non-hydrogen) atoms. The summed E-state index contributed by atoms with van der Waals surface area (Å²) < 4.78 is 10.6. The van der Waals surface area contributed by atoms with Gasteiger partial charge in [-0.3, -0.25) is 4.79 Å². The highest BCUT2D eigenvalue weighted by Gasteiger charge is 2.53. The molecule has 1 saturated carbocycles. The fraction of sp³-hybridized carbons (Fsp3) is 0.250. The maximum absolute atomic E-state index is 12.5. The molecule has 0 unspecified atom stereocenters. The van der Waals surface area contributed by atoms with Gasteiger partial charge in [-0.1, -0.05) is 11.2 Å². The topological polar surface area (TPSA) is 68.3 Å². The van der Waals surface area contributed by atoms with E-state index in [-0.39, 0.29) is 5.91 Å². The van der Waals surface area contributed by atoms with Gasteiger partial charge in [-0.15, -0.1) is 11.3 Å². The lowest BCUT2D eigenvalue weighted by molar-refractivity contribution is -0.124. The molecule has 0 aromatic carbocycles. The van der Waals surface area contributed by atoms with E-state index in [0.717, 1.165) is 29.2 Å². The molecule has 1 fully saturated rings. The summed E-state index contributed by atoms with van der Waals surface area (Å²) in [7, 11) is 0. The van der Waals surface area contributed by atoms with Crippen LogP contribution in [0.2, 0.25) is 0 Å². The van der Waals surface area contributed by atoms with Crippen molar-refractivity contribution in [2.24, 2.45) is 0 Å². The highest BCUT2D eigenvalue weighted by Crippen LogP contribution is 2.48. The second kappa shape index (κ2) is 5.14. The molecule has 0 atom stereocenters. The second-order valence-electron chi connectivity index (χ2n) is 5.40. The zero-order chi connectivity index (χ0) is 15.0. The SMILES string of the molecule is O=C(NCc1ccco1)C1(c2cc(-c3cccs3)on2)CC1. The van der Waals surface area contributed by atoms with Crippen LogP contribution in [0.1, 0.15) is 24.3 Å². The first-order valence-electron chi connectivity index (χ1n) is 7.10. The van der Waals surface area contributed by atoms with Crippen LogP contribution in [0.15, 0.2) is 50.9 Å². The molecule has 0 saturated heterocycles. The number of nitrogens with zero attached hydrogens (tertiary/aromatic N) is 1. The van der Waals surface area contributed by atoms with Crippen molar-refractivity contribution in [1.82, 2.24) is 10.5 Å². The van der Waals surface area contributed by atoms with E-state index in [0.29, 0.717) is 12.2 Å². The Labute approximate surface area is 130 Å². The van der Waals surface area contributed by atoms with Gasteiger partial charge < -0.3 is 14.3 Å². The molecule has 3 heterocycles. The normalized spacial score (nSPS) is 15.6. The lowest BCUT2D eigenvalue weighted by atomic mass is 10.0. The Balaban J connectivity index is 1.50. The van der Waals surface area contributed by atoms with Crippen LogP contribution in [-0.4, -0.2) is 11.1 Å². The predicted molar refractivity (Wildman–Crippen MR) is 81.3 cm³/mol. The number of rotatable bonds is 5. The van der Waals surface area contributed by atoms with Gasteiger partial charge in [0.25, 0.3) is 0 Å². The molecule has 0 bridgehead atoms. The van der Waals surface area contributed by atoms with Gasteiger partial charge in [0.05, 0.1) is 28.8 Å². The van der Waals surface area contributed by atoms with Gasteiger partial charge >= 0.3 is 0 Å². The van der Waals surface area contributed by atoms with Crippen molar-refractivity contribution >= 4 is 17.2 Å². The fourth-order valence-corrected chi connectivity index (χ4v) is 3.18. The van der Waals surface area contributed by atoms with Gasteiger partial charge in [-0.05, 0) is 36.4 Å². The van der Waals surface area contributed by atoms with Crippen LogP contribution in [0, 0.1) is 0 Å². The van der Waals surface area contributed by atoms with E-state index in [4.69, 9.17) is 8.94 Å². The van der Waals surface area contributed by atoms with Crippen molar-refractivity contribution in [3.05, 3.63) is 53.4 Å². The molecule has 1 aliphatic carbocycles. The van der Waals surface area contributed by atoms with E-state index in [1.165, 1.54) is 0 Å². The van der Waals surface area contributed by atoms with Gasteiger partial charge in [-0.25, -0.2) is 0 Å². The quantitative estimate of drug-likeness (QED) is 0.784. The van der Waals surface area contributed by atoms with E-state index >= 15 is 0 Å². The van der Waals surface area contributed by atoms with Crippen LogP contribution >= 0.6 is 11.3 Å². The van der Waals surface area contributed by atoms with Crippen LogP contribution < -0.4 is 5.32 Å². The third kappa shape index (κ3) is 2.25. The van der Waals surface area contributed by atoms with Crippen molar-refractivity contribution in [1.29, 1.82) is 0 Å². The summed E-state index contributed by atoms with van der Waals surface area (Å²) >= 11 is 1.59. The Kier molecular flexibility index (Phi) is 3.11. The molecule has 3 aromatic heterocycles. The van der Waals surface area contributed by atoms with Crippen molar-refractivity contribution in [2.45, 2.75) is 24.8 Å².